The average Bonchev–Trinajstić information content (AvgIpc) is 2.94. The number of nitrogens with zero attached hydrogens (tertiary/aromatic N) is 2. The fourth-order valence-electron chi connectivity index (χ4n) is 2.47. The summed E-state index contributed by atoms with van der Waals surface area (Å²) in [5.41, 5.74) is 1.58. The summed E-state index contributed by atoms with van der Waals surface area (Å²) in [6.07, 6.45) is 1.29. The molecular formula is C15H27N3S. The smallest absolute Gasteiger partial charge is 0.185 e. The Labute approximate surface area is 121 Å². The van der Waals surface area contributed by atoms with Crippen molar-refractivity contribution in [1.82, 2.24) is 10.3 Å². The summed E-state index contributed by atoms with van der Waals surface area (Å²) in [6.45, 7) is 14.6. The first-order valence-corrected chi connectivity index (χ1v) is 8.17. The molecular weight excluding hydrogens is 254 g/mol. The molecule has 2 rings (SSSR count). The van der Waals surface area contributed by atoms with Gasteiger partial charge in [-0.2, -0.15) is 0 Å². The predicted molar refractivity (Wildman–Crippen MR) is 83.9 cm³/mol. The molecule has 108 valence electrons. The van der Waals surface area contributed by atoms with Gasteiger partial charge < -0.3 is 10.2 Å². The van der Waals surface area contributed by atoms with Crippen LogP contribution in [0.25, 0.3) is 0 Å². The van der Waals surface area contributed by atoms with Crippen molar-refractivity contribution >= 4 is 16.5 Å². The van der Waals surface area contributed by atoms with Gasteiger partial charge in [-0.15, -0.1) is 11.3 Å². The molecule has 1 unspecified atom stereocenters. The van der Waals surface area contributed by atoms with Crippen molar-refractivity contribution in [3.05, 3.63) is 11.1 Å². The van der Waals surface area contributed by atoms with Crippen LogP contribution in [0.2, 0.25) is 0 Å². The average molecular weight is 281 g/mol. The van der Waals surface area contributed by atoms with Crippen molar-refractivity contribution < 1.29 is 0 Å². The Balaban J connectivity index is 1.93. The summed E-state index contributed by atoms with van der Waals surface area (Å²) in [4.78, 5) is 7.22. The zero-order valence-corrected chi connectivity index (χ0v) is 13.7. The van der Waals surface area contributed by atoms with Gasteiger partial charge in [0, 0.05) is 31.1 Å². The van der Waals surface area contributed by atoms with Crippen molar-refractivity contribution in [2.45, 2.75) is 53.6 Å². The van der Waals surface area contributed by atoms with Crippen LogP contribution in [0.4, 0.5) is 5.13 Å². The summed E-state index contributed by atoms with van der Waals surface area (Å²) in [5.74, 6) is 0.786. The highest BCUT2D eigenvalue weighted by Crippen LogP contribution is 2.36. The number of hydrogen-bond acceptors (Lipinski definition) is 4. The maximum absolute atomic E-state index is 4.76. The second-order valence-electron chi connectivity index (χ2n) is 6.95. The Morgan fingerprint density at radius 1 is 1.47 bits per heavy atom. The molecule has 1 aliphatic rings. The minimum absolute atomic E-state index is 0.411. The topological polar surface area (TPSA) is 28.2 Å². The molecule has 0 bridgehead atoms. The molecule has 19 heavy (non-hydrogen) atoms. The van der Waals surface area contributed by atoms with Gasteiger partial charge in [0.15, 0.2) is 5.13 Å². The highest BCUT2D eigenvalue weighted by atomic mass is 32.1. The van der Waals surface area contributed by atoms with E-state index in [-0.39, 0.29) is 0 Å². The van der Waals surface area contributed by atoms with E-state index in [0.29, 0.717) is 11.5 Å². The van der Waals surface area contributed by atoms with E-state index in [9.17, 15) is 0 Å². The molecule has 1 saturated heterocycles. The van der Waals surface area contributed by atoms with Crippen LogP contribution in [0.3, 0.4) is 0 Å². The van der Waals surface area contributed by atoms with Gasteiger partial charge in [0.25, 0.3) is 0 Å². The number of nitrogens with one attached hydrogen (secondary N) is 1. The zero-order valence-electron chi connectivity index (χ0n) is 12.9. The van der Waals surface area contributed by atoms with Crippen LogP contribution >= 0.6 is 11.3 Å². The molecule has 1 atom stereocenters. The van der Waals surface area contributed by atoms with Gasteiger partial charge in [-0.1, -0.05) is 34.6 Å². The van der Waals surface area contributed by atoms with Crippen LogP contribution in [0, 0.1) is 11.3 Å². The molecule has 0 aliphatic carbocycles. The van der Waals surface area contributed by atoms with Gasteiger partial charge in [0.2, 0.25) is 0 Å². The summed E-state index contributed by atoms with van der Waals surface area (Å²) >= 11 is 1.79. The van der Waals surface area contributed by atoms with Crippen molar-refractivity contribution in [2.24, 2.45) is 11.3 Å². The molecule has 1 fully saturated rings. The van der Waals surface area contributed by atoms with E-state index < -0.39 is 0 Å². The third-order valence-corrected chi connectivity index (χ3v) is 4.86. The number of aromatic nitrogens is 1. The minimum atomic E-state index is 0.411. The largest absolute Gasteiger partial charge is 0.348 e. The van der Waals surface area contributed by atoms with E-state index in [2.05, 4.69) is 50.2 Å². The maximum Gasteiger partial charge on any atom is 0.185 e. The monoisotopic (exact) mass is 281 g/mol. The maximum atomic E-state index is 4.76. The Hall–Kier alpha value is -0.610. The molecule has 1 aliphatic heterocycles. The van der Waals surface area contributed by atoms with Crippen LogP contribution in [-0.2, 0) is 6.54 Å². The fourth-order valence-corrected chi connectivity index (χ4v) is 3.33. The third kappa shape index (κ3) is 3.93. The zero-order chi connectivity index (χ0) is 14.0. The van der Waals surface area contributed by atoms with E-state index in [4.69, 9.17) is 4.98 Å². The number of thiazole rings is 1. The first-order valence-electron chi connectivity index (χ1n) is 7.29. The molecule has 2 heterocycles. The predicted octanol–water partition coefficient (Wildman–Crippen LogP) is 3.51. The summed E-state index contributed by atoms with van der Waals surface area (Å²) in [5, 5.41) is 6.82. The Kier molecular flexibility index (Phi) is 4.51. The molecule has 3 nitrogen and oxygen atoms in total. The normalized spacial score (nSPS) is 20.5. The van der Waals surface area contributed by atoms with Gasteiger partial charge in [0.1, 0.15) is 0 Å². The standard InChI is InChI=1S/C15H27N3S/c1-11(2)16-8-13-10-19-14(17-13)18-7-6-12(9-18)15(3,4)5/h10-12,16H,6-9H2,1-5H3. The van der Waals surface area contributed by atoms with E-state index in [1.165, 1.54) is 17.2 Å². The van der Waals surface area contributed by atoms with E-state index >= 15 is 0 Å². The molecule has 4 heteroatoms. The molecule has 1 aromatic rings. The quantitative estimate of drug-likeness (QED) is 0.915. The summed E-state index contributed by atoms with van der Waals surface area (Å²) in [6, 6.07) is 0.516. The van der Waals surface area contributed by atoms with Gasteiger partial charge in [-0.05, 0) is 17.8 Å². The van der Waals surface area contributed by atoms with E-state index in [0.717, 1.165) is 25.6 Å². The Morgan fingerprint density at radius 2 is 2.21 bits per heavy atom. The fraction of sp³-hybridized carbons (Fsp3) is 0.800. The Bertz CT molecular complexity index is 406. The lowest BCUT2D eigenvalue weighted by Crippen LogP contribution is -2.26. The van der Waals surface area contributed by atoms with Gasteiger partial charge in [0.05, 0.1) is 5.69 Å². The lowest BCUT2D eigenvalue weighted by atomic mass is 9.80. The van der Waals surface area contributed by atoms with Crippen LogP contribution < -0.4 is 10.2 Å². The van der Waals surface area contributed by atoms with Crippen LogP contribution in [-0.4, -0.2) is 24.1 Å². The first-order chi connectivity index (χ1) is 8.86. The highest BCUT2D eigenvalue weighted by Gasteiger charge is 2.32. The summed E-state index contributed by atoms with van der Waals surface area (Å²) in [7, 11) is 0. The lowest BCUT2D eigenvalue weighted by Gasteiger charge is -2.26. The van der Waals surface area contributed by atoms with Gasteiger partial charge in [-0.3, -0.25) is 0 Å². The number of hydrogen-bond donors (Lipinski definition) is 1. The lowest BCUT2D eigenvalue weighted by molar-refractivity contribution is 0.263. The van der Waals surface area contributed by atoms with Crippen molar-refractivity contribution in [2.75, 3.05) is 18.0 Å². The molecule has 1 N–H and O–H groups in total. The van der Waals surface area contributed by atoms with Gasteiger partial charge >= 0.3 is 0 Å². The molecule has 0 saturated carbocycles. The van der Waals surface area contributed by atoms with Crippen molar-refractivity contribution in [1.29, 1.82) is 0 Å². The second kappa shape index (κ2) is 5.80. The highest BCUT2D eigenvalue weighted by molar-refractivity contribution is 7.13. The number of rotatable bonds is 4. The second-order valence-corrected chi connectivity index (χ2v) is 7.79. The van der Waals surface area contributed by atoms with Crippen LogP contribution in [0.15, 0.2) is 5.38 Å². The van der Waals surface area contributed by atoms with Crippen LogP contribution in [0.1, 0.15) is 46.7 Å². The van der Waals surface area contributed by atoms with Crippen molar-refractivity contribution in [3.8, 4) is 0 Å². The third-order valence-electron chi connectivity index (χ3n) is 3.91. The first kappa shape index (κ1) is 14.8. The molecule has 0 radical (unpaired) electrons. The van der Waals surface area contributed by atoms with E-state index in [1.54, 1.807) is 11.3 Å². The number of anilines is 1. The Morgan fingerprint density at radius 3 is 2.79 bits per heavy atom. The molecule has 1 aromatic heterocycles. The molecule has 0 amide bonds. The van der Waals surface area contributed by atoms with E-state index in [1.807, 2.05) is 0 Å². The van der Waals surface area contributed by atoms with Gasteiger partial charge in [-0.25, -0.2) is 4.98 Å². The minimum Gasteiger partial charge on any atom is -0.348 e. The SMILES string of the molecule is CC(C)NCc1csc(N2CCC(C(C)(C)C)C2)n1. The van der Waals surface area contributed by atoms with Crippen molar-refractivity contribution in [3.63, 3.8) is 0 Å². The molecule has 0 spiro atoms. The molecule has 0 aromatic carbocycles. The summed E-state index contributed by atoms with van der Waals surface area (Å²) < 4.78 is 0. The van der Waals surface area contributed by atoms with Crippen LogP contribution in [0.5, 0.6) is 0 Å².